The highest BCUT2D eigenvalue weighted by Gasteiger charge is 2.30. The van der Waals surface area contributed by atoms with Crippen LogP contribution in [0.25, 0.3) is 0 Å². The fourth-order valence-electron chi connectivity index (χ4n) is 3.44. The number of ketones is 1. The molecule has 3 aromatic heterocycles. The molecule has 28 heavy (non-hydrogen) atoms. The van der Waals surface area contributed by atoms with Gasteiger partial charge in [0.25, 0.3) is 0 Å². The quantitative estimate of drug-likeness (QED) is 0.287. The van der Waals surface area contributed by atoms with Gasteiger partial charge in [-0.25, -0.2) is 0 Å². The molecule has 0 spiro atoms. The number of Topliss-reactive ketones (excluding diaryl/α,β-unsaturated/α-hetero) is 1. The molecule has 1 aliphatic carbocycles. The molecular weight excluding hydrogens is 388 g/mol. The minimum Gasteiger partial charge on any atom is -0.343 e. The average molecular weight is 413 g/mol. The molecule has 1 aliphatic rings. The lowest BCUT2D eigenvalue weighted by atomic mass is 10.2. The van der Waals surface area contributed by atoms with E-state index >= 15 is 0 Å². The Balaban J connectivity index is 1.48. The third-order valence-corrected chi connectivity index (χ3v) is 6.93. The highest BCUT2D eigenvalue weighted by atomic mass is 32.2. The molecule has 1 fully saturated rings. The van der Waals surface area contributed by atoms with Crippen molar-refractivity contribution in [1.82, 2.24) is 19.3 Å². The van der Waals surface area contributed by atoms with Crippen molar-refractivity contribution in [2.24, 2.45) is 0 Å². The van der Waals surface area contributed by atoms with Crippen LogP contribution in [0, 0.1) is 13.8 Å². The highest BCUT2D eigenvalue weighted by molar-refractivity contribution is 7.99. The molecular formula is C21H24N4OS2. The maximum absolute atomic E-state index is 12.9. The van der Waals surface area contributed by atoms with Crippen molar-refractivity contribution in [3.63, 3.8) is 0 Å². The van der Waals surface area contributed by atoms with Crippen LogP contribution in [0.1, 0.15) is 51.2 Å². The predicted octanol–water partition coefficient (Wildman–Crippen LogP) is 4.84. The summed E-state index contributed by atoms with van der Waals surface area (Å²) in [6.07, 6.45) is 4.21. The lowest BCUT2D eigenvalue weighted by Crippen LogP contribution is -2.08. The second-order valence-electron chi connectivity index (χ2n) is 7.18. The Morgan fingerprint density at radius 1 is 1.36 bits per heavy atom. The van der Waals surface area contributed by atoms with Gasteiger partial charge in [0.05, 0.1) is 12.3 Å². The molecule has 0 atom stereocenters. The highest BCUT2D eigenvalue weighted by Crippen LogP contribution is 2.40. The Labute approximate surface area is 173 Å². The molecule has 5 nitrogen and oxygen atoms in total. The molecule has 1 saturated carbocycles. The van der Waals surface area contributed by atoms with Crippen molar-refractivity contribution >= 4 is 28.9 Å². The van der Waals surface area contributed by atoms with Gasteiger partial charge < -0.3 is 9.13 Å². The van der Waals surface area contributed by atoms with Gasteiger partial charge in [-0.1, -0.05) is 23.9 Å². The second-order valence-corrected chi connectivity index (χ2v) is 9.15. The smallest absolute Gasteiger partial charge is 0.191 e. The first-order valence-corrected chi connectivity index (χ1v) is 11.3. The summed E-state index contributed by atoms with van der Waals surface area (Å²) < 4.78 is 4.32. The maximum Gasteiger partial charge on any atom is 0.191 e. The molecule has 0 amide bonds. The molecule has 0 saturated heterocycles. The summed E-state index contributed by atoms with van der Waals surface area (Å²) in [5.74, 6) is 2.05. The van der Waals surface area contributed by atoms with Crippen LogP contribution in [0.15, 0.2) is 41.4 Å². The normalized spacial score (nSPS) is 13.8. The molecule has 4 rings (SSSR count). The number of hydrogen-bond donors (Lipinski definition) is 0. The van der Waals surface area contributed by atoms with Gasteiger partial charge in [-0.2, -0.15) is 0 Å². The van der Waals surface area contributed by atoms with Crippen LogP contribution in [-0.4, -0.2) is 30.9 Å². The van der Waals surface area contributed by atoms with Gasteiger partial charge in [-0.15, -0.1) is 28.1 Å². The molecule has 0 N–H and O–H groups in total. The molecule has 146 valence electrons. The van der Waals surface area contributed by atoms with E-state index in [1.807, 2.05) is 19.1 Å². The summed E-state index contributed by atoms with van der Waals surface area (Å²) in [7, 11) is 0. The zero-order valence-electron chi connectivity index (χ0n) is 16.2. The third-order valence-electron chi connectivity index (χ3n) is 5.10. The second kappa shape index (κ2) is 8.09. The van der Waals surface area contributed by atoms with Crippen molar-refractivity contribution in [2.45, 2.75) is 50.9 Å². The van der Waals surface area contributed by atoms with Crippen LogP contribution >= 0.6 is 23.1 Å². The third kappa shape index (κ3) is 3.86. The number of rotatable bonds is 9. The molecule has 0 unspecified atom stereocenters. The van der Waals surface area contributed by atoms with Crippen LogP contribution in [-0.2, 0) is 13.1 Å². The monoisotopic (exact) mass is 412 g/mol. The van der Waals surface area contributed by atoms with Crippen LogP contribution in [0.2, 0.25) is 0 Å². The summed E-state index contributed by atoms with van der Waals surface area (Å²) in [5.41, 5.74) is 2.95. The summed E-state index contributed by atoms with van der Waals surface area (Å²) >= 11 is 3.21. The van der Waals surface area contributed by atoms with Crippen molar-refractivity contribution in [2.75, 3.05) is 5.75 Å². The van der Waals surface area contributed by atoms with E-state index in [1.54, 1.807) is 11.3 Å². The molecule has 7 heteroatoms. The number of nitrogens with zero attached hydrogens (tertiary/aromatic N) is 4. The van der Waals surface area contributed by atoms with E-state index in [0.717, 1.165) is 34.5 Å². The van der Waals surface area contributed by atoms with E-state index in [1.165, 1.54) is 29.5 Å². The van der Waals surface area contributed by atoms with E-state index in [4.69, 9.17) is 0 Å². The van der Waals surface area contributed by atoms with Crippen LogP contribution in [0.4, 0.5) is 0 Å². The van der Waals surface area contributed by atoms with Crippen molar-refractivity contribution in [1.29, 1.82) is 0 Å². The van der Waals surface area contributed by atoms with Gasteiger partial charge in [0.1, 0.15) is 5.82 Å². The largest absolute Gasteiger partial charge is 0.343 e. The van der Waals surface area contributed by atoms with Gasteiger partial charge in [0.2, 0.25) is 0 Å². The standard InChI is InChI=1S/C21H24N4OS2/c1-4-9-24-20(16-7-8-16)22-23-21(24)28-13-19(26)18-11-14(2)25(15(18)3)12-17-6-5-10-27-17/h4-6,10-11,16H,1,7-9,12-13H2,2-3H3. The summed E-state index contributed by atoms with van der Waals surface area (Å²) in [5, 5.41) is 11.6. The summed E-state index contributed by atoms with van der Waals surface area (Å²) in [4.78, 5) is 14.2. The predicted molar refractivity (Wildman–Crippen MR) is 115 cm³/mol. The fraction of sp³-hybridized carbons (Fsp3) is 0.381. The van der Waals surface area contributed by atoms with Gasteiger partial charge in [-0.3, -0.25) is 4.79 Å². The zero-order valence-corrected chi connectivity index (χ0v) is 17.9. The number of carbonyl (C=O) groups excluding carboxylic acids is 1. The molecule has 0 aliphatic heterocycles. The number of thiophene rings is 1. The number of hydrogen-bond acceptors (Lipinski definition) is 5. The zero-order chi connectivity index (χ0) is 19.7. The Bertz CT molecular complexity index is 996. The van der Waals surface area contributed by atoms with Crippen molar-refractivity contribution in [3.05, 3.63) is 63.9 Å². The molecule has 0 aromatic carbocycles. The van der Waals surface area contributed by atoms with Crippen LogP contribution < -0.4 is 0 Å². The summed E-state index contributed by atoms with van der Waals surface area (Å²) in [6, 6.07) is 6.20. The number of allylic oxidation sites excluding steroid dienone is 1. The van der Waals surface area contributed by atoms with Gasteiger partial charge in [0, 0.05) is 34.3 Å². The van der Waals surface area contributed by atoms with E-state index in [0.29, 0.717) is 18.2 Å². The fourth-order valence-corrected chi connectivity index (χ4v) is 4.97. The Kier molecular flexibility index (Phi) is 5.55. The first kappa shape index (κ1) is 19.2. The molecule has 3 heterocycles. The van der Waals surface area contributed by atoms with E-state index in [-0.39, 0.29) is 5.78 Å². The minimum absolute atomic E-state index is 0.136. The topological polar surface area (TPSA) is 52.7 Å². The van der Waals surface area contributed by atoms with Crippen LogP contribution in [0.5, 0.6) is 0 Å². The van der Waals surface area contributed by atoms with E-state index in [2.05, 4.69) is 50.3 Å². The van der Waals surface area contributed by atoms with Gasteiger partial charge in [0.15, 0.2) is 10.9 Å². The van der Waals surface area contributed by atoms with Crippen molar-refractivity contribution < 1.29 is 4.79 Å². The van der Waals surface area contributed by atoms with E-state index in [9.17, 15) is 4.79 Å². The lowest BCUT2D eigenvalue weighted by molar-refractivity contribution is 0.102. The Morgan fingerprint density at radius 2 is 2.18 bits per heavy atom. The number of carbonyl (C=O) groups is 1. The molecule has 0 bridgehead atoms. The minimum atomic E-state index is 0.136. The number of aryl methyl sites for hydroxylation is 1. The van der Waals surface area contributed by atoms with Crippen LogP contribution in [0.3, 0.4) is 0 Å². The van der Waals surface area contributed by atoms with Gasteiger partial charge in [-0.05, 0) is 44.2 Å². The first-order chi connectivity index (χ1) is 13.6. The summed E-state index contributed by atoms with van der Waals surface area (Å²) in [6.45, 7) is 9.43. The number of aromatic nitrogens is 4. The van der Waals surface area contributed by atoms with Gasteiger partial charge >= 0.3 is 0 Å². The SMILES string of the molecule is C=CCn1c(SCC(=O)c2cc(C)n(Cc3cccs3)c2C)nnc1C1CC1. The molecule has 3 aromatic rings. The molecule has 0 radical (unpaired) electrons. The van der Waals surface area contributed by atoms with E-state index < -0.39 is 0 Å². The Morgan fingerprint density at radius 3 is 2.86 bits per heavy atom. The number of thioether (sulfide) groups is 1. The van der Waals surface area contributed by atoms with Crippen molar-refractivity contribution in [3.8, 4) is 0 Å². The Hall–Kier alpha value is -2.12. The first-order valence-electron chi connectivity index (χ1n) is 9.47. The average Bonchev–Trinajstić information content (AvgIpc) is 3.12. The lowest BCUT2D eigenvalue weighted by Gasteiger charge is -2.09. The maximum atomic E-state index is 12.9.